The van der Waals surface area contributed by atoms with Crippen molar-refractivity contribution in [3.05, 3.63) is 149 Å². The Labute approximate surface area is 307 Å². The fourth-order valence-corrected chi connectivity index (χ4v) is 8.82. The van der Waals surface area contributed by atoms with Gasteiger partial charge in [-0.3, -0.25) is 8.80 Å². The van der Waals surface area contributed by atoms with E-state index in [2.05, 4.69) is 141 Å². The summed E-state index contributed by atoms with van der Waals surface area (Å²) in [5.41, 5.74) is 15.6. The lowest BCUT2D eigenvalue weighted by Crippen LogP contribution is -1.98. The van der Waals surface area contributed by atoms with E-state index in [9.17, 15) is 0 Å². The molecule has 5 heterocycles. The van der Waals surface area contributed by atoms with Crippen LogP contribution in [0.4, 0.5) is 0 Å². The molecule has 6 heteroatoms. The number of aromatic nitrogens is 5. The molecule has 5 aromatic carbocycles. The average Bonchev–Trinajstić information content (AvgIpc) is 3.77. The summed E-state index contributed by atoms with van der Waals surface area (Å²) in [6.07, 6.45) is 6.02. The first-order chi connectivity index (χ1) is 25.7. The number of hydrogen-bond donors (Lipinski definition) is 0. The van der Waals surface area contributed by atoms with Crippen molar-refractivity contribution in [2.24, 2.45) is 0 Å². The third-order valence-electron chi connectivity index (χ3n) is 10.8. The highest BCUT2D eigenvalue weighted by Gasteiger charge is 2.20. The van der Waals surface area contributed by atoms with Crippen LogP contribution in [-0.4, -0.2) is 23.8 Å². The second-order valence-corrected chi connectivity index (χ2v) is 14.6. The Morgan fingerprint density at radius 2 is 1.09 bits per heavy atom. The second-order valence-electron chi connectivity index (χ2n) is 14.6. The molecule has 6 nitrogen and oxygen atoms in total. The van der Waals surface area contributed by atoms with Gasteiger partial charge in [0.05, 0.1) is 23.1 Å². The molecule has 0 aliphatic carbocycles. The SMILES string of the molecule is Cc1cc(C)c(-c2cn3c4ccccc4c4ccc(Oc5ccc6c7cccnc7n7c(-c8c(C)cc(C)cc8C)cnc7c6c5)cc4c3n2)c(C)c1. The molecule has 0 bridgehead atoms. The summed E-state index contributed by atoms with van der Waals surface area (Å²) in [6, 6.07) is 34.3. The van der Waals surface area contributed by atoms with Crippen LogP contribution in [0.2, 0.25) is 0 Å². The highest BCUT2D eigenvalue weighted by atomic mass is 16.5. The van der Waals surface area contributed by atoms with Crippen molar-refractivity contribution < 1.29 is 4.74 Å². The van der Waals surface area contributed by atoms with Crippen molar-refractivity contribution in [2.45, 2.75) is 41.5 Å². The number of ether oxygens (including phenoxy) is 1. The quantitative estimate of drug-likeness (QED) is 0.173. The monoisotopic (exact) mass is 687 g/mol. The number of rotatable bonds is 4. The van der Waals surface area contributed by atoms with Crippen molar-refractivity contribution in [3.63, 3.8) is 0 Å². The van der Waals surface area contributed by atoms with Gasteiger partial charge in [-0.25, -0.2) is 15.0 Å². The lowest BCUT2D eigenvalue weighted by atomic mass is 9.97. The number of hydrogen-bond acceptors (Lipinski definition) is 4. The molecular weight excluding hydrogens is 651 g/mol. The van der Waals surface area contributed by atoms with E-state index in [-0.39, 0.29) is 0 Å². The Morgan fingerprint density at radius 3 is 1.79 bits per heavy atom. The molecule has 5 aromatic heterocycles. The second kappa shape index (κ2) is 11.5. The maximum Gasteiger partial charge on any atom is 0.146 e. The van der Waals surface area contributed by atoms with Crippen LogP contribution in [0.5, 0.6) is 11.5 Å². The first-order valence-electron chi connectivity index (χ1n) is 18.1. The zero-order chi connectivity index (χ0) is 36.1. The number of para-hydroxylation sites is 1. The molecule has 10 rings (SSSR count). The van der Waals surface area contributed by atoms with Crippen LogP contribution < -0.4 is 4.74 Å². The summed E-state index contributed by atoms with van der Waals surface area (Å²) in [5, 5.41) is 6.51. The zero-order valence-electron chi connectivity index (χ0n) is 30.6. The lowest BCUT2D eigenvalue weighted by Gasteiger charge is -2.14. The van der Waals surface area contributed by atoms with Gasteiger partial charge >= 0.3 is 0 Å². The van der Waals surface area contributed by atoms with Gasteiger partial charge in [-0.15, -0.1) is 0 Å². The summed E-state index contributed by atoms with van der Waals surface area (Å²) >= 11 is 0. The minimum atomic E-state index is 0.737. The molecule has 10 aromatic rings. The highest BCUT2D eigenvalue weighted by Crippen LogP contribution is 2.39. The summed E-state index contributed by atoms with van der Waals surface area (Å²) in [4.78, 5) is 15.2. The maximum absolute atomic E-state index is 6.71. The number of aryl methyl sites for hydroxylation is 6. The zero-order valence-corrected chi connectivity index (χ0v) is 30.6. The van der Waals surface area contributed by atoms with E-state index in [0.717, 1.165) is 72.3 Å². The van der Waals surface area contributed by atoms with Crippen molar-refractivity contribution in [3.8, 4) is 34.0 Å². The largest absolute Gasteiger partial charge is 0.457 e. The molecule has 0 aliphatic heterocycles. The van der Waals surface area contributed by atoms with E-state index in [1.807, 2.05) is 24.5 Å². The predicted molar refractivity (Wildman–Crippen MR) is 218 cm³/mol. The fraction of sp³-hybridized carbons (Fsp3) is 0.128. The summed E-state index contributed by atoms with van der Waals surface area (Å²) in [5.74, 6) is 1.48. The van der Waals surface area contributed by atoms with Crippen molar-refractivity contribution in [1.82, 2.24) is 23.8 Å². The van der Waals surface area contributed by atoms with Crippen LogP contribution >= 0.6 is 0 Å². The van der Waals surface area contributed by atoms with E-state index in [0.29, 0.717) is 0 Å². The predicted octanol–water partition coefficient (Wildman–Crippen LogP) is 12.0. The number of nitrogens with zero attached hydrogens (tertiary/aromatic N) is 5. The molecule has 0 unspecified atom stereocenters. The molecule has 0 saturated heterocycles. The van der Waals surface area contributed by atoms with Crippen LogP contribution in [0.3, 0.4) is 0 Å². The van der Waals surface area contributed by atoms with E-state index >= 15 is 0 Å². The molecule has 0 N–H and O–H groups in total. The first kappa shape index (κ1) is 31.2. The van der Waals surface area contributed by atoms with Crippen molar-refractivity contribution >= 4 is 54.8 Å². The van der Waals surface area contributed by atoms with Crippen LogP contribution in [0.1, 0.15) is 33.4 Å². The molecular formula is C47H37N5O. The van der Waals surface area contributed by atoms with E-state index in [4.69, 9.17) is 19.7 Å². The number of fused-ring (bicyclic) bond motifs is 12. The van der Waals surface area contributed by atoms with Crippen LogP contribution in [-0.2, 0) is 0 Å². The van der Waals surface area contributed by atoms with Gasteiger partial charge in [0, 0.05) is 45.1 Å². The van der Waals surface area contributed by atoms with Gasteiger partial charge in [-0.2, -0.15) is 0 Å². The van der Waals surface area contributed by atoms with Gasteiger partial charge in [-0.05, 0) is 129 Å². The molecule has 0 fully saturated rings. The Kier molecular flexibility index (Phi) is 6.77. The summed E-state index contributed by atoms with van der Waals surface area (Å²) in [7, 11) is 0. The van der Waals surface area contributed by atoms with Crippen molar-refractivity contribution in [1.29, 1.82) is 0 Å². The van der Waals surface area contributed by atoms with Crippen molar-refractivity contribution in [2.75, 3.05) is 0 Å². The fourth-order valence-electron chi connectivity index (χ4n) is 8.82. The molecule has 0 spiro atoms. The molecule has 0 saturated carbocycles. The van der Waals surface area contributed by atoms with Gasteiger partial charge in [-0.1, -0.05) is 53.6 Å². The Bertz CT molecular complexity index is 3070. The number of imidazole rings is 2. The standard InChI is InChI=1S/C47H37N5O/c1-26-18-28(3)43(29(4)19-26)40-25-51-41-12-8-7-10-36(41)34-15-13-33(23-39(34)47(51)50-40)53-32-14-16-35-37-11-9-17-48-45(37)52-42(24-49-46(52)38(35)22-32)44-30(5)20-27(2)21-31(44)6/h7-25H,1-6H3. The van der Waals surface area contributed by atoms with Crippen LogP contribution in [0.25, 0.3) is 77.3 Å². The van der Waals surface area contributed by atoms with E-state index in [1.54, 1.807) is 0 Å². The molecule has 0 radical (unpaired) electrons. The molecule has 256 valence electrons. The van der Waals surface area contributed by atoms with Gasteiger partial charge in [0.2, 0.25) is 0 Å². The van der Waals surface area contributed by atoms with Gasteiger partial charge < -0.3 is 4.74 Å². The van der Waals surface area contributed by atoms with Crippen LogP contribution in [0.15, 0.2) is 116 Å². The first-order valence-corrected chi connectivity index (χ1v) is 18.1. The van der Waals surface area contributed by atoms with Gasteiger partial charge in [0.15, 0.2) is 0 Å². The van der Waals surface area contributed by atoms with E-state index < -0.39 is 0 Å². The Balaban J connectivity index is 1.15. The minimum Gasteiger partial charge on any atom is -0.457 e. The van der Waals surface area contributed by atoms with Gasteiger partial charge in [0.25, 0.3) is 0 Å². The third kappa shape index (κ3) is 4.75. The summed E-state index contributed by atoms with van der Waals surface area (Å²) < 4.78 is 11.1. The Hall–Kier alpha value is -6.53. The average molecular weight is 688 g/mol. The third-order valence-corrected chi connectivity index (χ3v) is 10.8. The maximum atomic E-state index is 6.71. The smallest absolute Gasteiger partial charge is 0.146 e. The lowest BCUT2D eigenvalue weighted by molar-refractivity contribution is 0.484. The summed E-state index contributed by atoms with van der Waals surface area (Å²) in [6.45, 7) is 13.0. The molecule has 0 amide bonds. The normalized spacial score (nSPS) is 12.0. The highest BCUT2D eigenvalue weighted by molar-refractivity contribution is 6.13. The molecule has 0 aliphatic rings. The van der Waals surface area contributed by atoms with Crippen LogP contribution in [0, 0.1) is 41.5 Å². The number of pyridine rings is 3. The Morgan fingerprint density at radius 1 is 0.509 bits per heavy atom. The molecule has 53 heavy (non-hydrogen) atoms. The molecule has 0 atom stereocenters. The van der Waals surface area contributed by atoms with Gasteiger partial charge in [0.1, 0.15) is 28.4 Å². The number of benzene rings is 5. The van der Waals surface area contributed by atoms with E-state index in [1.165, 1.54) is 49.9 Å². The topological polar surface area (TPSA) is 56.7 Å². The minimum absolute atomic E-state index is 0.737.